The van der Waals surface area contributed by atoms with Crippen molar-refractivity contribution >= 4 is 0 Å². The minimum absolute atomic E-state index is 0.428. The van der Waals surface area contributed by atoms with Crippen LogP contribution in [0, 0.1) is 5.92 Å². The Bertz CT molecular complexity index is 374. The van der Waals surface area contributed by atoms with Crippen LogP contribution in [-0.4, -0.2) is 25.3 Å². The van der Waals surface area contributed by atoms with Gasteiger partial charge in [0, 0.05) is 12.6 Å². The van der Waals surface area contributed by atoms with Crippen LogP contribution in [0.4, 0.5) is 0 Å². The van der Waals surface area contributed by atoms with E-state index in [9.17, 15) is 0 Å². The summed E-state index contributed by atoms with van der Waals surface area (Å²) >= 11 is 0. The van der Waals surface area contributed by atoms with Crippen molar-refractivity contribution in [1.82, 2.24) is 5.32 Å². The Balaban J connectivity index is 1.83. The maximum absolute atomic E-state index is 6.07. The third-order valence-corrected chi connectivity index (χ3v) is 4.32. The van der Waals surface area contributed by atoms with Crippen molar-refractivity contribution in [2.75, 3.05) is 13.2 Å². The summed E-state index contributed by atoms with van der Waals surface area (Å²) in [5, 5.41) is 3.74. The number of hydrogen-bond donors (Lipinski definition) is 1. The molecule has 2 nitrogen and oxygen atoms in total. The van der Waals surface area contributed by atoms with Crippen LogP contribution in [0.2, 0.25) is 0 Å². The Morgan fingerprint density at radius 3 is 2.57 bits per heavy atom. The van der Waals surface area contributed by atoms with Crippen molar-refractivity contribution in [3.63, 3.8) is 0 Å². The van der Waals surface area contributed by atoms with Crippen LogP contribution >= 0.6 is 0 Å². The van der Waals surface area contributed by atoms with Gasteiger partial charge in [-0.05, 0) is 63.5 Å². The third kappa shape index (κ3) is 5.80. The topological polar surface area (TPSA) is 21.3 Å². The van der Waals surface area contributed by atoms with Gasteiger partial charge in [0.05, 0.1) is 6.10 Å². The van der Waals surface area contributed by atoms with Crippen LogP contribution in [0.1, 0.15) is 51.5 Å². The Hall–Kier alpha value is -0.860. The average molecular weight is 289 g/mol. The molecule has 21 heavy (non-hydrogen) atoms. The number of rotatable bonds is 11. The largest absolute Gasteiger partial charge is 0.377 e. The predicted octanol–water partition coefficient (Wildman–Crippen LogP) is 4.19. The molecule has 0 bridgehead atoms. The summed E-state index contributed by atoms with van der Waals surface area (Å²) in [7, 11) is 0. The lowest BCUT2D eigenvalue weighted by Crippen LogP contribution is -2.43. The zero-order valence-electron chi connectivity index (χ0n) is 13.7. The summed E-state index contributed by atoms with van der Waals surface area (Å²) in [6.45, 7) is 6.30. The fourth-order valence-corrected chi connectivity index (χ4v) is 3.08. The van der Waals surface area contributed by atoms with Crippen molar-refractivity contribution in [3.8, 4) is 0 Å². The van der Waals surface area contributed by atoms with Gasteiger partial charge in [0.25, 0.3) is 0 Å². The van der Waals surface area contributed by atoms with Crippen LogP contribution in [0.3, 0.4) is 0 Å². The van der Waals surface area contributed by atoms with Crippen LogP contribution in [0.25, 0.3) is 0 Å². The molecular formula is C19H31NO. The van der Waals surface area contributed by atoms with Gasteiger partial charge in [-0.1, -0.05) is 37.3 Å². The van der Waals surface area contributed by atoms with E-state index in [1.54, 1.807) is 0 Å². The smallest absolute Gasteiger partial charge is 0.0755 e. The average Bonchev–Trinajstić information content (AvgIpc) is 3.34. The van der Waals surface area contributed by atoms with Gasteiger partial charge < -0.3 is 10.1 Å². The van der Waals surface area contributed by atoms with Crippen LogP contribution < -0.4 is 5.32 Å². The molecule has 1 aliphatic rings. The Labute approximate surface area is 130 Å². The second kappa shape index (κ2) is 9.22. The summed E-state index contributed by atoms with van der Waals surface area (Å²) in [4.78, 5) is 0. The van der Waals surface area contributed by atoms with Gasteiger partial charge in [0.15, 0.2) is 0 Å². The predicted molar refractivity (Wildman–Crippen MR) is 89.6 cm³/mol. The number of ether oxygens (including phenoxy) is 1. The van der Waals surface area contributed by atoms with Crippen molar-refractivity contribution in [3.05, 3.63) is 35.9 Å². The lowest BCUT2D eigenvalue weighted by Gasteiger charge is -2.28. The standard InChI is InChI=1S/C19H31NO/c1-3-15-20-18(19(21-4-2)17-13-14-17)12-8-11-16-9-6-5-7-10-16/h5-7,9-10,17-20H,3-4,8,11-15H2,1-2H3. The Morgan fingerprint density at radius 2 is 1.95 bits per heavy atom. The molecule has 0 heterocycles. The second-order valence-corrected chi connectivity index (χ2v) is 6.20. The van der Waals surface area contributed by atoms with Crippen LogP contribution in [0.15, 0.2) is 30.3 Å². The summed E-state index contributed by atoms with van der Waals surface area (Å²) in [5.74, 6) is 0.802. The number of hydrogen-bond acceptors (Lipinski definition) is 2. The fraction of sp³-hybridized carbons (Fsp3) is 0.684. The molecular weight excluding hydrogens is 258 g/mol. The molecule has 118 valence electrons. The molecule has 2 heteroatoms. The van der Waals surface area contributed by atoms with Crippen molar-refractivity contribution < 1.29 is 4.74 Å². The minimum Gasteiger partial charge on any atom is -0.377 e. The van der Waals surface area contributed by atoms with Crippen LogP contribution in [-0.2, 0) is 11.2 Å². The van der Waals surface area contributed by atoms with Crippen molar-refractivity contribution in [2.45, 2.75) is 64.5 Å². The molecule has 2 unspecified atom stereocenters. The molecule has 1 N–H and O–H groups in total. The lowest BCUT2D eigenvalue weighted by atomic mass is 9.98. The van der Waals surface area contributed by atoms with Crippen molar-refractivity contribution in [2.24, 2.45) is 5.92 Å². The highest BCUT2D eigenvalue weighted by Gasteiger charge is 2.36. The van der Waals surface area contributed by atoms with Gasteiger partial charge in [-0.25, -0.2) is 0 Å². The second-order valence-electron chi connectivity index (χ2n) is 6.20. The van der Waals surface area contributed by atoms with E-state index in [1.165, 1.54) is 44.1 Å². The summed E-state index contributed by atoms with van der Waals surface area (Å²) < 4.78 is 6.07. The Morgan fingerprint density at radius 1 is 1.19 bits per heavy atom. The first-order chi connectivity index (χ1) is 10.3. The van der Waals surface area contributed by atoms with Gasteiger partial charge in [-0.15, -0.1) is 0 Å². The molecule has 0 amide bonds. The molecule has 1 aliphatic carbocycles. The molecule has 1 aromatic rings. The molecule has 0 aromatic heterocycles. The monoisotopic (exact) mass is 289 g/mol. The number of benzene rings is 1. The summed E-state index contributed by atoms with van der Waals surface area (Å²) in [6, 6.07) is 11.4. The van der Waals surface area contributed by atoms with E-state index >= 15 is 0 Å². The van der Waals surface area contributed by atoms with Gasteiger partial charge in [-0.2, -0.15) is 0 Å². The molecule has 0 saturated heterocycles. The Kier molecular flexibility index (Phi) is 7.25. The van der Waals surface area contributed by atoms with Gasteiger partial charge >= 0.3 is 0 Å². The molecule has 0 aliphatic heterocycles. The summed E-state index contributed by atoms with van der Waals surface area (Å²) in [5.41, 5.74) is 1.45. The van der Waals surface area contributed by atoms with Crippen LogP contribution in [0.5, 0.6) is 0 Å². The maximum Gasteiger partial charge on any atom is 0.0755 e. The number of nitrogens with one attached hydrogen (secondary N) is 1. The van der Waals surface area contributed by atoms with E-state index in [0.29, 0.717) is 12.1 Å². The highest BCUT2D eigenvalue weighted by atomic mass is 16.5. The normalized spacial score (nSPS) is 17.6. The molecule has 0 spiro atoms. The van der Waals surface area contributed by atoms with E-state index in [1.807, 2.05) is 0 Å². The zero-order valence-corrected chi connectivity index (χ0v) is 13.7. The molecule has 1 saturated carbocycles. The molecule has 1 aromatic carbocycles. The summed E-state index contributed by atoms with van der Waals surface area (Å²) in [6.07, 6.45) is 7.96. The van der Waals surface area contributed by atoms with E-state index in [2.05, 4.69) is 49.5 Å². The first-order valence-electron chi connectivity index (χ1n) is 8.74. The van der Waals surface area contributed by atoms with E-state index in [0.717, 1.165) is 19.1 Å². The molecule has 2 atom stereocenters. The zero-order chi connectivity index (χ0) is 14.9. The fourth-order valence-electron chi connectivity index (χ4n) is 3.08. The molecule has 2 rings (SSSR count). The highest BCUT2D eigenvalue weighted by Crippen LogP contribution is 2.36. The first-order valence-corrected chi connectivity index (χ1v) is 8.74. The quantitative estimate of drug-likeness (QED) is 0.659. The maximum atomic E-state index is 6.07. The van der Waals surface area contributed by atoms with Gasteiger partial charge in [0.1, 0.15) is 0 Å². The minimum atomic E-state index is 0.428. The third-order valence-electron chi connectivity index (χ3n) is 4.32. The van der Waals surface area contributed by atoms with Gasteiger partial charge in [0.2, 0.25) is 0 Å². The van der Waals surface area contributed by atoms with Gasteiger partial charge in [-0.3, -0.25) is 0 Å². The van der Waals surface area contributed by atoms with E-state index in [-0.39, 0.29) is 0 Å². The molecule has 0 radical (unpaired) electrons. The first kappa shape index (κ1) is 16.5. The molecule has 1 fully saturated rings. The van der Waals surface area contributed by atoms with E-state index in [4.69, 9.17) is 4.74 Å². The highest BCUT2D eigenvalue weighted by molar-refractivity contribution is 5.14. The SMILES string of the molecule is CCCNC(CCCc1ccccc1)C(OCC)C1CC1. The van der Waals surface area contributed by atoms with Crippen molar-refractivity contribution in [1.29, 1.82) is 0 Å². The lowest BCUT2D eigenvalue weighted by molar-refractivity contribution is 0.0166. The van der Waals surface area contributed by atoms with E-state index < -0.39 is 0 Å². The number of aryl methyl sites for hydroxylation is 1.